The van der Waals surface area contributed by atoms with Gasteiger partial charge < -0.3 is 14.5 Å². The van der Waals surface area contributed by atoms with Crippen LogP contribution in [0.4, 0.5) is 9.18 Å². The molecule has 4 amide bonds. The van der Waals surface area contributed by atoms with E-state index < -0.39 is 29.3 Å². The number of piperidine rings is 1. The van der Waals surface area contributed by atoms with Crippen LogP contribution in [-0.2, 0) is 14.3 Å². The predicted molar refractivity (Wildman–Crippen MR) is 105 cm³/mol. The van der Waals surface area contributed by atoms with Crippen LogP contribution in [0.1, 0.15) is 55.5 Å². The fourth-order valence-electron chi connectivity index (χ4n) is 3.54. The number of hydrogen-bond donors (Lipinski definition) is 1. The molecule has 0 saturated carbocycles. The fraction of sp³-hybridized carbons (Fsp3) is 0.524. The lowest BCUT2D eigenvalue weighted by Gasteiger charge is -2.35. The molecule has 1 aromatic rings. The van der Waals surface area contributed by atoms with Crippen LogP contribution in [0.2, 0.25) is 0 Å². The lowest BCUT2D eigenvalue weighted by molar-refractivity contribution is -0.134. The van der Waals surface area contributed by atoms with E-state index in [2.05, 4.69) is 5.32 Å². The molecule has 0 spiro atoms. The average Bonchev–Trinajstić information content (AvgIpc) is 2.67. The highest BCUT2D eigenvalue weighted by Crippen LogP contribution is 2.28. The van der Waals surface area contributed by atoms with Gasteiger partial charge in [0, 0.05) is 43.7 Å². The second-order valence-electron chi connectivity index (χ2n) is 8.50. The fourth-order valence-corrected chi connectivity index (χ4v) is 3.54. The molecule has 30 heavy (non-hydrogen) atoms. The van der Waals surface area contributed by atoms with Gasteiger partial charge in [-0.05, 0) is 45.4 Å². The van der Waals surface area contributed by atoms with E-state index in [9.17, 15) is 23.6 Å². The number of imide groups is 1. The van der Waals surface area contributed by atoms with Gasteiger partial charge in [0.2, 0.25) is 11.8 Å². The van der Waals surface area contributed by atoms with Gasteiger partial charge in [0.15, 0.2) is 0 Å². The number of ether oxygens (including phenoxy) is 1. The standard InChI is InChI=1S/C21H26FN3O5/c1-21(2,3)30-20(29)25-10-8-24(9-11-25)19(28)13-4-6-16(22)15(12-13)14-5-7-17(26)23-18(14)27/h4,6,12,14H,5,7-11H2,1-3H3,(H,23,26,27). The molecule has 1 aromatic carbocycles. The molecule has 2 heterocycles. The van der Waals surface area contributed by atoms with Crippen molar-refractivity contribution in [3.05, 3.63) is 35.1 Å². The third kappa shape index (κ3) is 4.95. The number of nitrogens with one attached hydrogen (secondary N) is 1. The summed E-state index contributed by atoms with van der Waals surface area (Å²) < 4.78 is 19.7. The maximum Gasteiger partial charge on any atom is 0.410 e. The monoisotopic (exact) mass is 419 g/mol. The summed E-state index contributed by atoms with van der Waals surface area (Å²) in [5.74, 6) is -2.63. The summed E-state index contributed by atoms with van der Waals surface area (Å²) in [6.07, 6.45) is -0.0921. The zero-order chi connectivity index (χ0) is 22.1. The second-order valence-corrected chi connectivity index (χ2v) is 8.50. The third-order valence-electron chi connectivity index (χ3n) is 5.08. The number of carbonyl (C=O) groups excluding carboxylic acids is 4. The summed E-state index contributed by atoms with van der Waals surface area (Å²) in [5, 5.41) is 2.21. The maximum atomic E-state index is 14.4. The molecule has 0 radical (unpaired) electrons. The van der Waals surface area contributed by atoms with E-state index in [0.717, 1.165) is 0 Å². The lowest BCUT2D eigenvalue weighted by Crippen LogP contribution is -2.51. The number of halogens is 1. The molecule has 2 aliphatic heterocycles. The summed E-state index contributed by atoms with van der Waals surface area (Å²) in [5.41, 5.74) is -0.218. The Kier molecular flexibility index (Phi) is 6.09. The highest BCUT2D eigenvalue weighted by atomic mass is 19.1. The van der Waals surface area contributed by atoms with E-state index >= 15 is 0 Å². The van der Waals surface area contributed by atoms with Crippen molar-refractivity contribution < 1.29 is 28.3 Å². The minimum absolute atomic E-state index is 0.109. The molecule has 0 aromatic heterocycles. The van der Waals surface area contributed by atoms with Crippen LogP contribution >= 0.6 is 0 Å². The van der Waals surface area contributed by atoms with Crippen molar-refractivity contribution in [1.29, 1.82) is 0 Å². The van der Waals surface area contributed by atoms with Crippen LogP contribution in [-0.4, -0.2) is 65.4 Å². The number of carbonyl (C=O) groups is 4. The first-order chi connectivity index (χ1) is 14.0. The molecule has 3 rings (SSSR count). The lowest BCUT2D eigenvalue weighted by atomic mass is 9.89. The van der Waals surface area contributed by atoms with Crippen LogP contribution in [0, 0.1) is 5.82 Å². The Morgan fingerprint density at radius 3 is 2.33 bits per heavy atom. The summed E-state index contributed by atoms with van der Waals surface area (Å²) in [6.45, 7) is 6.69. The predicted octanol–water partition coefficient (Wildman–Crippen LogP) is 2.04. The molecule has 1 atom stereocenters. The molecular formula is C21H26FN3O5. The normalized spacial score (nSPS) is 20.1. The second kappa shape index (κ2) is 8.41. The summed E-state index contributed by atoms with van der Waals surface area (Å²) in [7, 11) is 0. The topological polar surface area (TPSA) is 96.0 Å². The zero-order valence-corrected chi connectivity index (χ0v) is 17.4. The Morgan fingerprint density at radius 1 is 1.10 bits per heavy atom. The smallest absolute Gasteiger partial charge is 0.410 e. The molecule has 9 heteroatoms. The molecule has 2 saturated heterocycles. The molecule has 2 aliphatic rings. The van der Waals surface area contributed by atoms with Gasteiger partial charge >= 0.3 is 6.09 Å². The minimum atomic E-state index is -0.806. The van der Waals surface area contributed by atoms with Crippen LogP contribution in [0.25, 0.3) is 0 Å². The van der Waals surface area contributed by atoms with E-state index in [-0.39, 0.29) is 35.8 Å². The van der Waals surface area contributed by atoms with E-state index in [0.29, 0.717) is 26.2 Å². The van der Waals surface area contributed by atoms with E-state index in [1.54, 1.807) is 30.6 Å². The average molecular weight is 419 g/mol. The highest BCUT2D eigenvalue weighted by Gasteiger charge is 2.32. The molecule has 1 N–H and O–H groups in total. The van der Waals surface area contributed by atoms with Gasteiger partial charge in [0.25, 0.3) is 5.91 Å². The zero-order valence-electron chi connectivity index (χ0n) is 17.4. The third-order valence-corrected chi connectivity index (χ3v) is 5.08. The molecule has 8 nitrogen and oxygen atoms in total. The van der Waals surface area contributed by atoms with Gasteiger partial charge in [0.05, 0.1) is 5.92 Å². The first kappa shape index (κ1) is 21.7. The van der Waals surface area contributed by atoms with Gasteiger partial charge in [0.1, 0.15) is 11.4 Å². The van der Waals surface area contributed by atoms with Crippen molar-refractivity contribution in [2.75, 3.05) is 26.2 Å². The van der Waals surface area contributed by atoms with Crippen LogP contribution in [0.15, 0.2) is 18.2 Å². The largest absolute Gasteiger partial charge is 0.444 e. The van der Waals surface area contributed by atoms with Crippen LogP contribution in [0.3, 0.4) is 0 Å². The summed E-state index contributed by atoms with van der Waals surface area (Å²) >= 11 is 0. The van der Waals surface area contributed by atoms with Crippen LogP contribution in [0.5, 0.6) is 0 Å². The van der Waals surface area contributed by atoms with E-state index in [1.165, 1.54) is 18.2 Å². The van der Waals surface area contributed by atoms with Crippen molar-refractivity contribution >= 4 is 23.8 Å². The highest BCUT2D eigenvalue weighted by molar-refractivity contribution is 6.01. The number of hydrogen-bond acceptors (Lipinski definition) is 5. The minimum Gasteiger partial charge on any atom is -0.444 e. The Hall–Kier alpha value is -2.97. The molecule has 0 aliphatic carbocycles. The van der Waals surface area contributed by atoms with Gasteiger partial charge in [-0.2, -0.15) is 0 Å². The summed E-state index contributed by atoms with van der Waals surface area (Å²) in [6, 6.07) is 3.94. The molecule has 2 fully saturated rings. The van der Waals surface area contributed by atoms with E-state index in [1.807, 2.05) is 0 Å². The molecular weight excluding hydrogens is 393 g/mol. The van der Waals surface area contributed by atoms with Crippen molar-refractivity contribution in [3.8, 4) is 0 Å². The molecule has 1 unspecified atom stereocenters. The molecule has 162 valence electrons. The number of benzene rings is 1. The Morgan fingerprint density at radius 2 is 1.73 bits per heavy atom. The van der Waals surface area contributed by atoms with Gasteiger partial charge in [-0.3, -0.25) is 19.7 Å². The van der Waals surface area contributed by atoms with Crippen molar-refractivity contribution in [1.82, 2.24) is 15.1 Å². The van der Waals surface area contributed by atoms with Crippen molar-refractivity contribution in [3.63, 3.8) is 0 Å². The van der Waals surface area contributed by atoms with Crippen molar-refractivity contribution in [2.24, 2.45) is 0 Å². The Balaban J connectivity index is 1.67. The van der Waals surface area contributed by atoms with E-state index in [4.69, 9.17) is 4.74 Å². The van der Waals surface area contributed by atoms with Crippen LogP contribution < -0.4 is 5.32 Å². The van der Waals surface area contributed by atoms with Gasteiger partial charge in [-0.15, -0.1) is 0 Å². The van der Waals surface area contributed by atoms with Crippen molar-refractivity contribution in [2.45, 2.75) is 45.1 Å². The number of nitrogens with zero attached hydrogens (tertiary/aromatic N) is 2. The first-order valence-corrected chi connectivity index (χ1v) is 9.95. The molecule has 0 bridgehead atoms. The SMILES string of the molecule is CC(C)(C)OC(=O)N1CCN(C(=O)c2ccc(F)c(C3CCC(=O)NC3=O)c2)CC1. The van der Waals surface area contributed by atoms with Gasteiger partial charge in [-0.25, -0.2) is 9.18 Å². The summed E-state index contributed by atoms with van der Waals surface area (Å²) in [4.78, 5) is 51.6. The number of piperazine rings is 1. The number of amides is 4. The Bertz CT molecular complexity index is 872. The van der Waals surface area contributed by atoms with Gasteiger partial charge in [-0.1, -0.05) is 0 Å². The Labute approximate surface area is 174 Å². The number of rotatable bonds is 2. The quantitative estimate of drug-likeness (QED) is 0.740. The first-order valence-electron chi connectivity index (χ1n) is 9.95. The maximum absolute atomic E-state index is 14.4.